The van der Waals surface area contributed by atoms with Crippen molar-refractivity contribution in [1.29, 1.82) is 0 Å². The molecule has 0 spiro atoms. The van der Waals surface area contributed by atoms with Crippen molar-refractivity contribution in [2.75, 3.05) is 7.05 Å². The van der Waals surface area contributed by atoms with Gasteiger partial charge in [-0.3, -0.25) is 9.59 Å². The highest BCUT2D eigenvalue weighted by atomic mass is 19.1. The third-order valence-electron chi connectivity index (χ3n) is 4.78. The number of carboxylic acids is 1. The van der Waals surface area contributed by atoms with Crippen LogP contribution in [0, 0.1) is 5.82 Å². The number of halogens is 1. The maximum Gasteiger partial charge on any atom is 0.305 e. The maximum absolute atomic E-state index is 13.4. The van der Waals surface area contributed by atoms with Crippen molar-refractivity contribution >= 4 is 11.9 Å². The molecule has 0 aliphatic carbocycles. The van der Waals surface area contributed by atoms with Gasteiger partial charge in [0.25, 0.3) is 5.91 Å². The van der Waals surface area contributed by atoms with E-state index in [2.05, 4.69) is 10.4 Å². The summed E-state index contributed by atoms with van der Waals surface area (Å²) < 4.78 is 14.9. The Bertz CT molecular complexity index is 880. The Kier molecular flexibility index (Phi) is 8.08. The number of aliphatic carboxylic acids is 1. The van der Waals surface area contributed by atoms with Gasteiger partial charge in [-0.05, 0) is 49.4 Å². The van der Waals surface area contributed by atoms with Crippen LogP contribution >= 0.6 is 0 Å². The molecule has 1 heterocycles. The van der Waals surface area contributed by atoms with Crippen LogP contribution in [-0.4, -0.2) is 56.2 Å². The predicted octanol–water partition coefficient (Wildman–Crippen LogP) is 2.01. The number of benzene rings is 1. The molecule has 2 atom stereocenters. The molecule has 0 bridgehead atoms. The molecule has 1 aromatic carbocycles. The number of hydrogen-bond acceptors (Lipinski definition) is 5. The van der Waals surface area contributed by atoms with Crippen LogP contribution in [0.5, 0.6) is 0 Å². The van der Waals surface area contributed by atoms with Gasteiger partial charge in [-0.15, -0.1) is 0 Å². The number of aliphatic hydroxyl groups excluding tert-OH is 2. The Balaban J connectivity index is 2.37. The fourth-order valence-electron chi connectivity index (χ4n) is 3.41. The lowest BCUT2D eigenvalue weighted by atomic mass is 9.95. The van der Waals surface area contributed by atoms with Crippen molar-refractivity contribution in [1.82, 2.24) is 15.1 Å². The van der Waals surface area contributed by atoms with E-state index in [0.29, 0.717) is 17.8 Å². The number of nitrogens with one attached hydrogen (secondary N) is 1. The molecule has 2 aromatic rings. The first-order valence-electron chi connectivity index (χ1n) is 9.81. The number of carbonyl (C=O) groups excluding carboxylic acids is 1. The number of nitrogens with zero attached hydrogens (tertiary/aromatic N) is 2. The van der Waals surface area contributed by atoms with E-state index in [1.54, 1.807) is 16.8 Å². The molecule has 164 valence electrons. The van der Waals surface area contributed by atoms with Crippen LogP contribution < -0.4 is 5.32 Å². The Morgan fingerprint density at radius 3 is 2.33 bits per heavy atom. The molecule has 0 radical (unpaired) electrons. The second kappa shape index (κ2) is 10.3. The van der Waals surface area contributed by atoms with Crippen LogP contribution in [0.25, 0.3) is 5.69 Å². The number of aromatic nitrogens is 2. The first-order valence-corrected chi connectivity index (χ1v) is 9.81. The van der Waals surface area contributed by atoms with E-state index in [-0.39, 0.29) is 30.4 Å². The minimum atomic E-state index is -1.15. The standard InChI is InChI=1S/C21H28FN3O5/c1-12(2)19-17(9-8-15(26)10-16(27)11-18(28)29)25(24-20(19)21(30)23-3)14-6-4-13(22)5-7-14/h4-7,12,15-16,26-27H,8-11H2,1-3H3,(H,23,30)(H,28,29)/t15-,16-/m1/s1. The average molecular weight is 421 g/mol. The van der Waals surface area contributed by atoms with Gasteiger partial charge in [0.2, 0.25) is 0 Å². The summed E-state index contributed by atoms with van der Waals surface area (Å²) >= 11 is 0. The van der Waals surface area contributed by atoms with E-state index < -0.39 is 30.4 Å². The first-order chi connectivity index (χ1) is 14.1. The molecule has 0 saturated carbocycles. The molecule has 9 heteroatoms. The second-order valence-corrected chi connectivity index (χ2v) is 7.51. The van der Waals surface area contributed by atoms with Gasteiger partial charge in [0, 0.05) is 18.3 Å². The topological polar surface area (TPSA) is 125 Å². The monoisotopic (exact) mass is 421 g/mol. The molecule has 1 amide bonds. The summed E-state index contributed by atoms with van der Waals surface area (Å²) in [5.41, 5.74) is 2.25. The highest BCUT2D eigenvalue weighted by Crippen LogP contribution is 2.28. The first kappa shape index (κ1) is 23.5. The normalized spacial score (nSPS) is 13.3. The Morgan fingerprint density at radius 2 is 1.80 bits per heavy atom. The second-order valence-electron chi connectivity index (χ2n) is 7.51. The van der Waals surface area contributed by atoms with Gasteiger partial charge in [0.1, 0.15) is 5.82 Å². The van der Waals surface area contributed by atoms with E-state index in [1.165, 1.54) is 19.2 Å². The number of amides is 1. The van der Waals surface area contributed by atoms with Crippen LogP contribution in [0.1, 0.15) is 60.8 Å². The van der Waals surface area contributed by atoms with Gasteiger partial charge in [-0.25, -0.2) is 9.07 Å². The van der Waals surface area contributed by atoms with E-state index in [4.69, 9.17) is 5.11 Å². The van der Waals surface area contributed by atoms with Crippen LogP contribution in [0.15, 0.2) is 24.3 Å². The fraction of sp³-hybridized carbons (Fsp3) is 0.476. The van der Waals surface area contributed by atoms with Gasteiger partial charge >= 0.3 is 5.97 Å². The summed E-state index contributed by atoms with van der Waals surface area (Å²) in [6.07, 6.45) is -2.03. The van der Waals surface area contributed by atoms with E-state index in [1.807, 2.05) is 13.8 Å². The van der Waals surface area contributed by atoms with Crippen LogP contribution in [-0.2, 0) is 11.2 Å². The summed E-state index contributed by atoms with van der Waals surface area (Å²) in [4.78, 5) is 23.1. The zero-order chi connectivity index (χ0) is 22.4. The van der Waals surface area contributed by atoms with Gasteiger partial charge in [0.15, 0.2) is 5.69 Å². The number of rotatable bonds is 10. The van der Waals surface area contributed by atoms with Gasteiger partial charge in [-0.2, -0.15) is 5.10 Å². The molecule has 8 nitrogen and oxygen atoms in total. The molecule has 0 saturated heterocycles. The quantitative estimate of drug-likeness (QED) is 0.465. The summed E-state index contributed by atoms with van der Waals surface area (Å²) in [5, 5.41) is 35.8. The number of carbonyl (C=O) groups is 2. The summed E-state index contributed by atoms with van der Waals surface area (Å²) in [7, 11) is 1.51. The minimum absolute atomic E-state index is 0.0451. The minimum Gasteiger partial charge on any atom is -0.481 e. The van der Waals surface area contributed by atoms with E-state index >= 15 is 0 Å². The Hall–Kier alpha value is -2.78. The number of aliphatic hydroxyl groups is 2. The van der Waals surface area contributed by atoms with Gasteiger partial charge < -0.3 is 20.6 Å². The van der Waals surface area contributed by atoms with E-state index in [0.717, 1.165) is 5.56 Å². The Labute approximate surface area is 174 Å². The van der Waals surface area contributed by atoms with E-state index in [9.17, 15) is 24.2 Å². The highest BCUT2D eigenvalue weighted by Gasteiger charge is 2.26. The van der Waals surface area contributed by atoms with Gasteiger partial charge in [0.05, 0.1) is 24.3 Å². The molecule has 0 aliphatic rings. The lowest BCUT2D eigenvalue weighted by Crippen LogP contribution is -2.21. The number of hydrogen-bond donors (Lipinski definition) is 4. The van der Waals surface area contributed by atoms with Crippen molar-refractivity contribution in [2.24, 2.45) is 0 Å². The largest absolute Gasteiger partial charge is 0.481 e. The Morgan fingerprint density at radius 1 is 1.17 bits per heavy atom. The predicted molar refractivity (Wildman–Crippen MR) is 108 cm³/mol. The summed E-state index contributed by atoms with van der Waals surface area (Å²) in [6, 6.07) is 5.70. The van der Waals surface area contributed by atoms with Crippen LogP contribution in [0.2, 0.25) is 0 Å². The molecule has 0 aliphatic heterocycles. The molecule has 0 unspecified atom stereocenters. The SMILES string of the molecule is CNC(=O)c1nn(-c2ccc(F)cc2)c(CC[C@@H](O)C[C@@H](O)CC(=O)O)c1C(C)C. The summed E-state index contributed by atoms with van der Waals surface area (Å²) in [6.45, 7) is 3.85. The molecule has 2 rings (SSSR count). The van der Waals surface area contributed by atoms with Gasteiger partial charge in [-0.1, -0.05) is 13.8 Å². The summed E-state index contributed by atoms with van der Waals surface area (Å²) in [5.74, 6) is -1.93. The zero-order valence-corrected chi connectivity index (χ0v) is 17.3. The average Bonchev–Trinajstić information content (AvgIpc) is 3.05. The van der Waals surface area contributed by atoms with Crippen LogP contribution in [0.4, 0.5) is 4.39 Å². The molecular weight excluding hydrogens is 393 g/mol. The van der Waals surface area contributed by atoms with Crippen molar-refractivity contribution in [3.63, 3.8) is 0 Å². The molecule has 1 aromatic heterocycles. The van der Waals surface area contributed by atoms with Crippen molar-refractivity contribution in [3.8, 4) is 5.69 Å². The van der Waals surface area contributed by atoms with Crippen LogP contribution in [0.3, 0.4) is 0 Å². The fourth-order valence-corrected chi connectivity index (χ4v) is 3.41. The molecular formula is C21H28FN3O5. The number of carboxylic acid groups (broad SMARTS) is 1. The van der Waals surface area contributed by atoms with Crippen molar-refractivity contribution in [3.05, 3.63) is 47.0 Å². The highest BCUT2D eigenvalue weighted by molar-refractivity contribution is 5.94. The zero-order valence-electron chi connectivity index (χ0n) is 17.3. The smallest absolute Gasteiger partial charge is 0.305 e. The van der Waals surface area contributed by atoms with Crippen molar-refractivity contribution in [2.45, 2.75) is 57.7 Å². The molecule has 4 N–H and O–H groups in total. The lowest BCUT2D eigenvalue weighted by molar-refractivity contribution is -0.139. The molecule has 0 fully saturated rings. The maximum atomic E-state index is 13.4. The lowest BCUT2D eigenvalue weighted by Gasteiger charge is -2.16. The van der Waals surface area contributed by atoms with Crippen molar-refractivity contribution < 1.29 is 29.3 Å². The molecule has 30 heavy (non-hydrogen) atoms. The third-order valence-corrected chi connectivity index (χ3v) is 4.78. The third kappa shape index (κ3) is 5.87.